The van der Waals surface area contributed by atoms with Gasteiger partial charge in [-0.1, -0.05) is 17.3 Å². The number of non-ortho nitro benzene ring substituents is 1. The molecule has 0 fully saturated rings. The molecule has 22 heavy (non-hydrogen) atoms. The fraction of sp³-hybridized carbons (Fsp3) is 0.308. The van der Waals surface area contributed by atoms with Crippen LogP contribution in [0.1, 0.15) is 17.3 Å². The molecule has 9 heteroatoms. The van der Waals surface area contributed by atoms with Gasteiger partial charge in [0.1, 0.15) is 0 Å². The maximum atomic E-state index is 11.6. The molecule has 0 spiro atoms. The second-order valence-electron chi connectivity index (χ2n) is 4.52. The van der Waals surface area contributed by atoms with Crippen molar-refractivity contribution < 1.29 is 14.2 Å². The fourth-order valence-electron chi connectivity index (χ4n) is 1.78. The summed E-state index contributed by atoms with van der Waals surface area (Å²) >= 11 is 0. The summed E-state index contributed by atoms with van der Waals surface area (Å²) in [4.78, 5) is 25.7. The number of nitrogens with one attached hydrogen (secondary N) is 2. The van der Waals surface area contributed by atoms with Crippen LogP contribution in [0.4, 0.5) is 10.5 Å². The highest BCUT2D eigenvalue weighted by Crippen LogP contribution is 2.13. The zero-order valence-corrected chi connectivity index (χ0v) is 11.9. The smallest absolute Gasteiger partial charge is 0.315 e. The van der Waals surface area contributed by atoms with Crippen LogP contribution in [0.5, 0.6) is 0 Å². The van der Waals surface area contributed by atoms with Crippen molar-refractivity contribution in [2.75, 3.05) is 6.54 Å². The summed E-state index contributed by atoms with van der Waals surface area (Å²) in [5, 5.41) is 19.5. The number of amides is 2. The first kappa shape index (κ1) is 15.4. The van der Waals surface area contributed by atoms with Crippen LogP contribution in [0.25, 0.3) is 0 Å². The minimum atomic E-state index is -0.448. The monoisotopic (exact) mass is 305 g/mol. The van der Waals surface area contributed by atoms with E-state index in [0.29, 0.717) is 24.7 Å². The van der Waals surface area contributed by atoms with Crippen molar-refractivity contribution in [2.24, 2.45) is 0 Å². The van der Waals surface area contributed by atoms with E-state index in [1.165, 1.54) is 12.1 Å². The number of aromatic nitrogens is 2. The quantitative estimate of drug-likeness (QED) is 0.613. The van der Waals surface area contributed by atoms with Gasteiger partial charge in [0.2, 0.25) is 5.89 Å². The van der Waals surface area contributed by atoms with Gasteiger partial charge in [-0.25, -0.2) is 4.79 Å². The van der Waals surface area contributed by atoms with E-state index in [1.54, 1.807) is 19.1 Å². The van der Waals surface area contributed by atoms with Crippen LogP contribution in [0.3, 0.4) is 0 Å². The maximum Gasteiger partial charge on any atom is 0.315 e. The van der Waals surface area contributed by atoms with Crippen molar-refractivity contribution >= 4 is 11.7 Å². The highest BCUT2D eigenvalue weighted by molar-refractivity contribution is 5.73. The van der Waals surface area contributed by atoms with Crippen LogP contribution >= 0.6 is 0 Å². The van der Waals surface area contributed by atoms with Crippen molar-refractivity contribution in [3.05, 3.63) is 51.7 Å². The number of nitro benzene ring substituents is 1. The molecule has 0 aliphatic heterocycles. The molecule has 0 aliphatic carbocycles. The zero-order valence-electron chi connectivity index (χ0n) is 11.9. The van der Waals surface area contributed by atoms with Crippen LogP contribution in [0.2, 0.25) is 0 Å². The molecule has 2 aromatic rings. The molecule has 2 N–H and O–H groups in total. The number of nitrogens with zero attached hydrogens (tertiary/aromatic N) is 3. The van der Waals surface area contributed by atoms with E-state index in [0.717, 1.165) is 5.56 Å². The van der Waals surface area contributed by atoms with E-state index in [4.69, 9.17) is 4.52 Å². The van der Waals surface area contributed by atoms with Crippen molar-refractivity contribution in [2.45, 2.75) is 19.9 Å². The number of benzene rings is 1. The molecule has 2 amide bonds. The highest BCUT2D eigenvalue weighted by Gasteiger charge is 2.07. The second-order valence-corrected chi connectivity index (χ2v) is 4.52. The molecule has 1 heterocycles. The van der Waals surface area contributed by atoms with Gasteiger partial charge in [0.05, 0.1) is 11.5 Å². The molecular weight excluding hydrogens is 290 g/mol. The number of carbonyl (C=O) groups excluding carboxylic acids is 1. The summed E-state index contributed by atoms with van der Waals surface area (Å²) in [6.45, 7) is 2.19. The lowest BCUT2D eigenvalue weighted by molar-refractivity contribution is -0.384. The SMILES string of the molecule is Cc1noc(CNC(=O)NCCc2cccc([N+](=O)[O-])c2)n1. The second kappa shape index (κ2) is 7.16. The predicted octanol–water partition coefficient (Wildman–Crippen LogP) is 1.33. The average Bonchev–Trinajstić information content (AvgIpc) is 2.91. The Morgan fingerprint density at radius 1 is 1.41 bits per heavy atom. The first-order valence-corrected chi connectivity index (χ1v) is 6.59. The predicted molar refractivity (Wildman–Crippen MR) is 76.1 cm³/mol. The van der Waals surface area contributed by atoms with Crippen LogP contribution in [0, 0.1) is 17.0 Å². The molecule has 2 rings (SSSR count). The van der Waals surface area contributed by atoms with E-state index in [1.807, 2.05) is 0 Å². The van der Waals surface area contributed by atoms with Gasteiger partial charge in [-0.15, -0.1) is 0 Å². The Morgan fingerprint density at radius 3 is 2.91 bits per heavy atom. The Balaban J connectivity index is 1.72. The van der Waals surface area contributed by atoms with Gasteiger partial charge in [0.25, 0.3) is 5.69 Å². The zero-order chi connectivity index (χ0) is 15.9. The van der Waals surface area contributed by atoms with E-state index in [2.05, 4.69) is 20.8 Å². The van der Waals surface area contributed by atoms with Gasteiger partial charge in [0, 0.05) is 18.7 Å². The van der Waals surface area contributed by atoms with Crippen LogP contribution < -0.4 is 10.6 Å². The van der Waals surface area contributed by atoms with Gasteiger partial charge in [0.15, 0.2) is 5.82 Å². The lowest BCUT2D eigenvalue weighted by Gasteiger charge is -2.06. The molecule has 0 saturated carbocycles. The third-order valence-electron chi connectivity index (χ3n) is 2.79. The minimum absolute atomic E-state index is 0.0358. The first-order valence-electron chi connectivity index (χ1n) is 6.59. The number of aryl methyl sites for hydroxylation is 1. The first-order chi connectivity index (χ1) is 10.5. The Morgan fingerprint density at radius 2 is 2.23 bits per heavy atom. The summed E-state index contributed by atoms with van der Waals surface area (Å²) in [7, 11) is 0. The Bertz CT molecular complexity index is 670. The summed E-state index contributed by atoms with van der Waals surface area (Å²) in [5.41, 5.74) is 0.816. The standard InChI is InChI=1S/C13H15N5O4/c1-9-16-12(22-17-9)8-15-13(19)14-6-5-10-3-2-4-11(7-10)18(20)21/h2-4,7H,5-6,8H2,1H3,(H2,14,15,19). The topological polar surface area (TPSA) is 123 Å². The molecule has 0 saturated heterocycles. The molecular formula is C13H15N5O4. The van der Waals surface area contributed by atoms with Crippen molar-refractivity contribution in [3.8, 4) is 0 Å². The van der Waals surface area contributed by atoms with Gasteiger partial charge >= 0.3 is 6.03 Å². The summed E-state index contributed by atoms with van der Waals surface area (Å²) in [6, 6.07) is 5.93. The number of carbonyl (C=O) groups is 1. The van der Waals surface area contributed by atoms with Crippen molar-refractivity contribution in [3.63, 3.8) is 0 Å². The maximum absolute atomic E-state index is 11.6. The Kier molecular flexibility index (Phi) is 5.02. The normalized spacial score (nSPS) is 10.2. The fourth-order valence-corrected chi connectivity index (χ4v) is 1.78. The van der Waals surface area contributed by atoms with Crippen LogP contribution in [-0.2, 0) is 13.0 Å². The van der Waals surface area contributed by atoms with Gasteiger partial charge in [-0.05, 0) is 18.9 Å². The molecule has 1 aromatic heterocycles. The average molecular weight is 305 g/mol. The molecule has 0 aliphatic rings. The van der Waals surface area contributed by atoms with E-state index < -0.39 is 4.92 Å². The Labute approximate surface area is 125 Å². The van der Waals surface area contributed by atoms with Crippen LogP contribution in [0.15, 0.2) is 28.8 Å². The molecule has 116 valence electrons. The Hall–Kier alpha value is -2.97. The third kappa shape index (κ3) is 4.54. The lowest BCUT2D eigenvalue weighted by Crippen LogP contribution is -2.36. The summed E-state index contributed by atoms with van der Waals surface area (Å²) in [6.07, 6.45) is 0.495. The molecule has 0 atom stereocenters. The number of hydrogen-bond donors (Lipinski definition) is 2. The van der Waals surface area contributed by atoms with Crippen LogP contribution in [-0.4, -0.2) is 27.6 Å². The van der Waals surface area contributed by atoms with E-state index in [9.17, 15) is 14.9 Å². The van der Waals surface area contributed by atoms with E-state index >= 15 is 0 Å². The minimum Gasteiger partial charge on any atom is -0.338 e. The number of rotatable bonds is 6. The lowest BCUT2D eigenvalue weighted by atomic mass is 10.1. The van der Waals surface area contributed by atoms with Crippen molar-refractivity contribution in [1.29, 1.82) is 0 Å². The van der Waals surface area contributed by atoms with E-state index in [-0.39, 0.29) is 18.3 Å². The van der Waals surface area contributed by atoms with Crippen molar-refractivity contribution in [1.82, 2.24) is 20.8 Å². The van der Waals surface area contributed by atoms with Gasteiger partial charge < -0.3 is 15.2 Å². The molecule has 1 aromatic carbocycles. The molecule has 0 unspecified atom stereocenters. The molecule has 0 radical (unpaired) electrons. The highest BCUT2D eigenvalue weighted by atomic mass is 16.6. The molecule has 9 nitrogen and oxygen atoms in total. The van der Waals surface area contributed by atoms with Gasteiger partial charge in [-0.3, -0.25) is 10.1 Å². The number of hydrogen-bond acceptors (Lipinski definition) is 6. The van der Waals surface area contributed by atoms with Gasteiger partial charge in [-0.2, -0.15) is 4.98 Å². The summed E-state index contributed by atoms with van der Waals surface area (Å²) < 4.78 is 4.86. The largest absolute Gasteiger partial charge is 0.338 e. The molecule has 0 bridgehead atoms. The third-order valence-corrected chi connectivity index (χ3v) is 2.79. The number of urea groups is 1. The summed E-state index contributed by atoms with van der Waals surface area (Å²) in [5.74, 6) is 0.828. The number of nitro groups is 1.